The molecule has 1 aromatic carbocycles. The van der Waals surface area contributed by atoms with Crippen LogP contribution in [0, 0.1) is 0 Å². The van der Waals surface area contributed by atoms with Crippen LogP contribution < -0.4 is 0 Å². The molecule has 6 heteroatoms. The van der Waals surface area contributed by atoms with Crippen molar-refractivity contribution in [2.75, 3.05) is 13.1 Å². The minimum atomic E-state index is 0.206. The van der Waals surface area contributed by atoms with E-state index in [1.807, 2.05) is 35.6 Å². The minimum absolute atomic E-state index is 0.206. The summed E-state index contributed by atoms with van der Waals surface area (Å²) >= 11 is 0. The number of likely N-dealkylation sites (tertiary alicyclic amines) is 1. The maximum atomic E-state index is 12.9. The number of amides is 1. The number of carbonyl (C=O) groups excluding carboxylic acids is 1. The van der Waals surface area contributed by atoms with Gasteiger partial charge in [0.25, 0.3) is 0 Å². The van der Waals surface area contributed by atoms with Gasteiger partial charge in [0.05, 0.1) is 6.42 Å². The van der Waals surface area contributed by atoms with Gasteiger partial charge in [-0.25, -0.2) is 0 Å². The maximum absolute atomic E-state index is 12.9. The lowest BCUT2D eigenvalue weighted by Gasteiger charge is -2.32. The van der Waals surface area contributed by atoms with Crippen LogP contribution in [-0.2, 0) is 11.2 Å². The van der Waals surface area contributed by atoms with Crippen molar-refractivity contribution in [1.82, 2.24) is 24.6 Å². The molecule has 2 aromatic heterocycles. The summed E-state index contributed by atoms with van der Waals surface area (Å²) in [4.78, 5) is 18.2. The Kier molecular flexibility index (Phi) is 3.76. The van der Waals surface area contributed by atoms with Crippen molar-refractivity contribution in [3.63, 3.8) is 0 Å². The summed E-state index contributed by atoms with van der Waals surface area (Å²) in [7, 11) is 0. The van der Waals surface area contributed by atoms with E-state index in [1.54, 1.807) is 0 Å². The number of hydrogen-bond acceptors (Lipinski definition) is 3. The van der Waals surface area contributed by atoms with Gasteiger partial charge in [-0.2, -0.15) is 0 Å². The van der Waals surface area contributed by atoms with Crippen molar-refractivity contribution >= 4 is 16.8 Å². The molecule has 1 saturated heterocycles. The Labute approximate surface area is 152 Å². The molecular weight excluding hydrogens is 326 g/mol. The van der Waals surface area contributed by atoms with Gasteiger partial charge in [0.15, 0.2) is 0 Å². The van der Waals surface area contributed by atoms with Crippen LogP contribution >= 0.6 is 0 Å². The highest BCUT2D eigenvalue weighted by atomic mass is 16.2. The zero-order valence-corrected chi connectivity index (χ0v) is 14.8. The summed E-state index contributed by atoms with van der Waals surface area (Å²) in [5, 5.41) is 9.65. The number of rotatable bonds is 4. The summed E-state index contributed by atoms with van der Waals surface area (Å²) in [6, 6.07) is 8.73. The zero-order chi connectivity index (χ0) is 17.5. The predicted molar refractivity (Wildman–Crippen MR) is 98.9 cm³/mol. The zero-order valence-electron chi connectivity index (χ0n) is 14.8. The van der Waals surface area contributed by atoms with E-state index in [2.05, 4.69) is 25.8 Å². The number of aromatic amines is 1. The number of para-hydroxylation sites is 1. The van der Waals surface area contributed by atoms with Crippen LogP contribution in [0.25, 0.3) is 10.9 Å². The van der Waals surface area contributed by atoms with Crippen molar-refractivity contribution in [2.24, 2.45) is 0 Å². The third-order valence-electron chi connectivity index (χ3n) is 5.70. The van der Waals surface area contributed by atoms with E-state index in [4.69, 9.17) is 0 Å². The Morgan fingerprint density at radius 2 is 2.12 bits per heavy atom. The first-order valence-corrected chi connectivity index (χ1v) is 9.52. The Hall–Kier alpha value is -2.63. The minimum Gasteiger partial charge on any atom is -0.361 e. The van der Waals surface area contributed by atoms with Crippen LogP contribution in [0.5, 0.6) is 0 Å². The normalized spacial score (nSPS) is 20.6. The quantitative estimate of drug-likeness (QED) is 0.787. The highest BCUT2D eigenvalue weighted by molar-refractivity contribution is 5.88. The number of carbonyl (C=O) groups is 1. The second-order valence-electron chi connectivity index (χ2n) is 7.54. The van der Waals surface area contributed by atoms with Gasteiger partial charge in [-0.3, -0.25) is 4.79 Å². The van der Waals surface area contributed by atoms with Gasteiger partial charge in [0.2, 0.25) is 5.91 Å². The van der Waals surface area contributed by atoms with Crippen molar-refractivity contribution in [3.8, 4) is 0 Å². The monoisotopic (exact) mass is 349 g/mol. The first kappa shape index (κ1) is 15.6. The van der Waals surface area contributed by atoms with Gasteiger partial charge in [0, 0.05) is 42.1 Å². The van der Waals surface area contributed by atoms with E-state index >= 15 is 0 Å². The fourth-order valence-corrected chi connectivity index (χ4v) is 4.14. The Morgan fingerprint density at radius 1 is 1.23 bits per heavy atom. The fraction of sp³-hybridized carbons (Fsp3) is 0.450. The second-order valence-corrected chi connectivity index (χ2v) is 7.54. The van der Waals surface area contributed by atoms with Crippen molar-refractivity contribution < 1.29 is 4.79 Å². The van der Waals surface area contributed by atoms with Gasteiger partial charge in [-0.1, -0.05) is 18.2 Å². The largest absolute Gasteiger partial charge is 0.361 e. The molecule has 1 unspecified atom stereocenters. The standard InChI is InChI=1S/C20H23N5O/c26-19(10-15-11-21-18-6-2-1-5-17(15)18)24-9-3-4-14(12-24)20-23-22-13-25(20)16-7-8-16/h1-2,5-6,11,13-14,16,21H,3-4,7-10,12H2. The number of hydrogen-bond donors (Lipinski definition) is 1. The van der Waals surface area contributed by atoms with E-state index in [0.29, 0.717) is 18.4 Å². The van der Waals surface area contributed by atoms with Crippen molar-refractivity contribution in [3.05, 3.63) is 48.2 Å². The molecule has 1 aliphatic carbocycles. The maximum Gasteiger partial charge on any atom is 0.227 e. The van der Waals surface area contributed by atoms with Crippen LogP contribution in [0.2, 0.25) is 0 Å². The first-order valence-electron chi connectivity index (χ1n) is 9.52. The Bertz CT molecular complexity index is 938. The molecule has 1 N–H and O–H groups in total. The summed E-state index contributed by atoms with van der Waals surface area (Å²) in [5.74, 6) is 1.58. The summed E-state index contributed by atoms with van der Waals surface area (Å²) in [6.07, 6.45) is 8.84. The molecule has 0 bridgehead atoms. The lowest BCUT2D eigenvalue weighted by molar-refractivity contribution is -0.131. The topological polar surface area (TPSA) is 66.8 Å². The smallest absolute Gasteiger partial charge is 0.227 e. The lowest BCUT2D eigenvalue weighted by atomic mass is 9.96. The van der Waals surface area contributed by atoms with Crippen LogP contribution in [0.1, 0.15) is 49.0 Å². The van der Waals surface area contributed by atoms with Gasteiger partial charge in [-0.05, 0) is 37.3 Å². The number of piperidine rings is 1. The molecule has 26 heavy (non-hydrogen) atoms. The summed E-state index contributed by atoms with van der Waals surface area (Å²) in [6.45, 7) is 1.60. The molecule has 6 nitrogen and oxygen atoms in total. The molecule has 3 aromatic rings. The second kappa shape index (κ2) is 6.27. The molecule has 3 heterocycles. The molecule has 134 valence electrons. The van der Waals surface area contributed by atoms with E-state index in [9.17, 15) is 4.79 Å². The molecular formula is C20H23N5O. The Balaban J connectivity index is 1.31. The first-order chi connectivity index (χ1) is 12.8. The van der Waals surface area contributed by atoms with Crippen molar-refractivity contribution in [1.29, 1.82) is 0 Å². The molecule has 1 aliphatic heterocycles. The van der Waals surface area contributed by atoms with Gasteiger partial charge >= 0.3 is 0 Å². The van der Waals surface area contributed by atoms with E-state index in [-0.39, 0.29) is 5.91 Å². The molecule has 1 atom stereocenters. The van der Waals surface area contributed by atoms with E-state index in [1.165, 1.54) is 12.8 Å². The molecule has 0 spiro atoms. The van der Waals surface area contributed by atoms with Gasteiger partial charge in [0.1, 0.15) is 12.2 Å². The van der Waals surface area contributed by atoms with Gasteiger partial charge in [-0.15, -0.1) is 10.2 Å². The number of nitrogens with one attached hydrogen (secondary N) is 1. The average molecular weight is 349 g/mol. The third-order valence-corrected chi connectivity index (χ3v) is 5.70. The van der Waals surface area contributed by atoms with E-state index in [0.717, 1.165) is 48.2 Å². The average Bonchev–Trinajstić information content (AvgIpc) is 3.27. The highest BCUT2D eigenvalue weighted by Gasteiger charge is 2.32. The number of H-pyrrole nitrogens is 1. The molecule has 2 fully saturated rings. The molecule has 1 amide bonds. The Morgan fingerprint density at radius 3 is 3.00 bits per heavy atom. The number of nitrogens with zero attached hydrogens (tertiary/aromatic N) is 4. The predicted octanol–water partition coefficient (Wildman–Crippen LogP) is 3.04. The van der Waals surface area contributed by atoms with Gasteiger partial charge < -0.3 is 14.5 Å². The molecule has 2 aliphatic rings. The molecule has 1 saturated carbocycles. The van der Waals surface area contributed by atoms with Crippen LogP contribution in [0.15, 0.2) is 36.8 Å². The van der Waals surface area contributed by atoms with Crippen LogP contribution in [-0.4, -0.2) is 43.6 Å². The number of fused-ring (bicyclic) bond motifs is 1. The van der Waals surface area contributed by atoms with Crippen LogP contribution in [0.4, 0.5) is 0 Å². The summed E-state index contributed by atoms with van der Waals surface area (Å²) in [5.41, 5.74) is 2.17. The van der Waals surface area contributed by atoms with Crippen molar-refractivity contribution in [2.45, 2.75) is 44.1 Å². The number of aromatic nitrogens is 4. The molecule has 0 radical (unpaired) electrons. The third kappa shape index (κ3) is 2.79. The summed E-state index contributed by atoms with van der Waals surface area (Å²) < 4.78 is 2.23. The lowest BCUT2D eigenvalue weighted by Crippen LogP contribution is -2.40. The SMILES string of the molecule is O=C(Cc1c[nH]c2ccccc12)N1CCCC(c2nncn2C2CC2)C1. The van der Waals surface area contributed by atoms with Crippen LogP contribution in [0.3, 0.4) is 0 Å². The molecule has 5 rings (SSSR count). The fourth-order valence-electron chi connectivity index (χ4n) is 4.14. The van der Waals surface area contributed by atoms with E-state index < -0.39 is 0 Å². The number of benzene rings is 1. The highest BCUT2D eigenvalue weighted by Crippen LogP contribution is 2.38.